The van der Waals surface area contributed by atoms with E-state index in [9.17, 15) is 14.7 Å². The number of likely N-dealkylation sites (N-methyl/N-ethyl adjacent to an activating group) is 1. The van der Waals surface area contributed by atoms with Gasteiger partial charge in [-0.05, 0) is 56.5 Å². The van der Waals surface area contributed by atoms with Gasteiger partial charge < -0.3 is 25.5 Å². The molecule has 2 amide bonds. The molecule has 4 atom stereocenters. The number of rotatable bonds is 5. The van der Waals surface area contributed by atoms with Gasteiger partial charge in [0.25, 0.3) is 0 Å². The summed E-state index contributed by atoms with van der Waals surface area (Å²) in [5, 5.41) is 10.3. The Morgan fingerprint density at radius 1 is 1.09 bits per heavy atom. The summed E-state index contributed by atoms with van der Waals surface area (Å²) in [6.07, 6.45) is 3.72. The van der Waals surface area contributed by atoms with Crippen LogP contribution in [0.5, 0.6) is 0 Å². The summed E-state index contributed by atoms with van der Waals surface area (Å²) in [5.41, 5.74) is 8.58. The second-order valence-corrected chi connectivity index (χ2v) is 10.1. The molecule has 3 aliphatic rings. The molecule has 5 rings (SSSR count). The Hall–Kier alpha value is -3.04. The maximum Gasteiger partial charge on any atom is 0.248 e. The lowest BCUT2D eigenvalue weighted by Gasteiger charge is -2.39. The zero-order chi connectivity index (χ0) is 24.7. The zero-order valence-electron chi connectivity index (χ0n) is 20.4. The number of aliphatic hydroxyl groups is 1. The van der Waals surface area contributed by atoms with Gasteiger partial charge in [-0.1, -0.05) is 19.1 Å². The number of amides is 2. The number of likely N-dealkylation sites (tertiary alicyclic amines) is 1. The number of anilines is 1. The van der Waals surface area contributed by atoms with Crippen LogP contribution in [0.2, 0.25) is 0 Å². The Bertz CT molecular complexity index is 1100. The first-order valence-corrected chi connectivity index (χ1v) is 12.5. The molecule has 0 saturated carbocycles. The van der Waals surface area contributed by atoms with Crippen molar-refractivity contribution in [2.75, 3.05) is 44.7 Å². The van der Waals surface area contributed by atoms with Crippen LogP contribution in [0.15, 0.2) is 30.6 Å². The van der Waals surface area contributed by atoms with E-state index in [-0.39, 0.29) is 23.8 Å². The summed E-state index contributed by atoms with van der Waals surface area (Å²) in [5.74, 6) is 0.481. The number of nitrogens with zero attached hydrogens (tertiary/aromatic N) is 5. The van der Waals surface area contributed by atoms with Crippen molar-refractivity contribution in [3.8, 4) is 0 Å². The molecule has 35 heavy (non-hydrogen) atoms. The Labute approximate surface area is 205 Å². The number of fused-ring (bicyclic) bond motifs is 1. The summed E-state index contributed by atoms with van der Waals surface area (Å²) in [4.78, 5) is 40.8. The second kappa shape index (κ2) is 9.54. The molecule has 1 aromatic carbocycles. The van der Waals surface area contributed by atoms with Crippen molar-refractivity contribution in [3.05, 3.63) is 53.0 Å². The van der Waals surface area contributed by atoms with Gasteiger partial charge in [0.2, 0.25) is 11.8 Å². The molecular formula is C26H34N6O3. The third-order valence-corrected chi connectivity index (χ3v) is 7.95. The number of aromatic nitrogens is 2. The van der Waals surface area contributed by atoms with Gasteiger partial charge in [0.15, 0.2) is 0 Å². The molecule has 0 unspecified atom stereocenters. The fourth-order valence-corrected chi connectivity index (χ4v) is 6.03. The lowest BCUT2D eigenvalue weighted by Crippen LogP contribution is -2.52. The zero-order valence-corrected chi connectivity index (χ0v) is 20.4. The molecule has 0 spiro atoms. The van der Waals surface area contributed by atoms with Gasteiger partial charge in [0.1, 0.15) is 12.1 Å². The van der Waals surface area contributed by atoms with E-state index in [1.165, 1.54) is 6.33 Å². The number of primary amides is 1. The largest absolute Gasteiger partial charge is 0.387 e. The molecule has 3 heterocycles. The molecule has 2 aromatic rings. The highest BCUT2D eigenvalue weighted by atomic mass is 16.3. The van der Waals surface area contributed by atoms with E-state index in [2.05, 4.69) is 33.7 Å². The van der Waals surface area contributed by atoms with Gasteiger partial charge in [0, 0.05) is 43.3 Å². The minimum Gasteiger partial charge on any atom is -0.387 e. The van der Waals surface area contributed by atoms with Crippen molar-refractivity contribution in [2.45, 2.75) is 50.2 Å². The normalized spacial score (nSPS) is 25.5. The topological polar surface area (TPSA) is 116 Å². The van der Waals surface area contributed by atoms with Crippen LogP contribution < -0.4 is 10.6 Å². The predicted octanol–water partition coefficient (Wildman–Crippen LogP) is 1.64. The standard InChI is InChI=1S/C26H34N6O3/c1-16-14-20(33)23-21(16)25(29-15-28-23)31-10-12-32(13-11-31)26(35)22(19-4-3-9-30(19)2)17-5-7-18(8-6-17)24(27)34/h5-8,15-16,19-20,22,33H,3-4,9-14H2,1-2H3,(H2,27,34)/t16-,19+,20-,22+/m1/s1. The molecule has 9 heteroatoms. The molecule has 1 aliphatic carbocycles. The number of hydrogen-bond donors (Lipinski definition) is 2. The van der Waals surface area contributed by atoms with Gasteiger partial charge in [0.05, 0.1) is 17.7 Å². The maximum absolute atomic E-state index is 13.9. The van der Waals surface area contributed by atoms with E-state index in [0.717, 1.165) is 42.0 Å². The van der Waals surface area contributed by atoms with Crippen molar-refractivity contribution in [1.29, 1.82) is 0 Å². The highest BCUT2D eigenvalue weighted by Gasteiger charge is 2.39. The Kier molecular flexibility index (Phi) is 6.46. The number of nitrogens with two attached hydrogens (primary N) is 1. The van der Waals surface area contributed by atoms with E-state index in [1.54, 1.807) is 12.1 Å². The predicted molar refractivity (Wildman–Crippen MR) is 132 cm³/mol. The fourth-order valence-electron chi connectivity index (χ4n) is 6.03. The van der Waals surface area contributed by atoms with Gasteiger partial charge in [-0.2, -0.15) is 0 Å². The second-order valence-electron chi connectivity index (χ2n) is 10.1. The van der Waals surface area contributed by atoms with Gasteiger partial charge >= 0.3 is 0 Å². The van der Waals surface area contributed by atoms with Crippen molar-refractivity contribution < 1.29 is 14.7 Å². The molecule has 2 aliphatic heterocycles. The van der Waals surface area contributed by atoms with Crippen LogP contribution in [-0.2, 0) is 4.79 Å². The minimum absolute atomic E-state index is 0.131. The molecule has 0 bridgehead atoms. The lowest BCUT2D eigenvalue weighted by atomic mass is 9.87. The third-order valence-electron chi connectivity index (χ3n) is 7.95. The fraction of sp³-hybridized carbons (Fsp3) is 0.538. The van der Waals surface area contributed by atoms with E-state index in [0.29, 0.717) is 38.2 Å². The molecule has 186 valence electrons. The molecule has 3 N–H and O–H groups in total. The first-order chi connectivity index (χ1) is 16.8. The summed E-state index contributed by atoms with van der Waals surface area (Å²) in [7, 11) is 2.08. The van der Waals surface area contributed by atoms with Crippen LogP contribution in [0.3, 0.4) is 0 Å². The molecule has 2 fully saturated rings. The Morgan fingerprint density at radius 2 is 1.80 bits per heavy atom. The molecular weight excluding hydrogens is 444 g/mol. The summed E-state index contributed by atoms with van der Waals surface area (Å²) >= 11 is 0. The Morgan fingerprint density at radius 3 is 2.43 bits per heavy atom. The monoisotopic (exact) mass is 478 g/mol. The number of carbonyl (C=O) groups excluding carboxylic acids is 2. The van der Waals surface area contributed by atoms with E-state index >= 15 is 0 Å². The van der Waals surface area contributed by atoms with Gasteiger partial charge in [-0.3, -0.25) is 9.59 Å². The number of carbonyl (C=O) groups is 2. The van der Waals surface area contributed by atoms with Crippen LogP contribution in [0.1, 0.15) is 71.3 Å². The molecule has 2 saturated heterocycles. The maximum atomic E-state index is 13.9. The molecule has 0 radical (unpaired) electrons. The number of piperazine rings is 1. The first kappa shape index (κ1) is 23.7. The Balaban J connectivity index is 1.34. The van der Waals surface area contributed by atoms with Crippen LogP contribution >= 0.6 is 0 Å². The molecule has 9 nitrogen and oxygen atoms in total. The highest BCUT2D eigenvalue weighted by Crippen LogP contribution is 2.43. The summed E-state index contributed by atoms with van der Waals surface area (Å²) < 4.78 is 0. The first-order valence-electron chi connectivity index (χ1n) is 12.5. The van der Waals surface area contributed by atoms with Crippen molar-refractivity contribution in [3.63, 3.8) is 0 Å². The average Bonchev–Trinajstić information content (AvgIpc) is 3.41. The summed E-state index contributed by atoms with van der Waals surface area (Å²) in [6.45, 7) is 5.68. The van der Waals surface area contributed by atoms with Crippen LogP contribution in [0.25, 0.3) is 0 Å². The smallest absolute Gasteiger partial charge is 0.248 e. The van der Waals surface area contributed by atoms with Crippen LogP contribution in [0, 0.1) is 0 Å². The van der Waals surface area contributed by atoms with Gasteiger partial charge in [-0.25, -0.2) is 9.97 Å². The van der Waals surface area contributed by atoms with Crippen molar-refractivity contribution in [1.82, 2.24) is 19.8 Å². The summed E-state index contributed by atoms with van der Waals surface area (Å²) in [6, 6.07) is 7.32. The van der Waals surface area contributed by atoms with Crippen molar-refractivity contribution in [2.24, 2.45) is 5.73 Å². The van der Waals surface area contributed by atoms with Crippen molar-refractivity contribution >= 4 is 17.6 Å². The highest BCUT2D eigenvalue weighted by molar-refractivity contribution is 5.93. The van der Waals surface area contributed by atoms with E-state index in [1.807, 2.05) is 17.0 Å². The minimum atomic E-state index is -0.533. The third kappa shape index (κ3) is 4.38. The number of hydrogen-bond acceptors (Lipinski definition) is 7. The van der Waals surface area contributed by atoms with Crippen LogP contribution in [-0.4, -0.2) is 82.5 Å². The quantitative estimate of drug-likeness (QED) is 0.671. The van der Waals surface area contributed by atoms with E-state index in [4.69, 9.17) is 5.73 Å². The average molecular weight is 479 g/mol. The number of aliphatic hydroxyl groups excluding tert-OH is 1. The SMILES string of the molecule is C[C@@H]1C[C@@H](O)c2ncnc(N3CCN(C(=O)[C@@H](c4ccc(C(N)=O)cc4)[C@@H]4CCCN4C)CC3)c21. The van der Waals surface area contributed by atoms with Gasteiger partial charge in [-0.15, -0.1) is 0 Å². The van der Waals surface area contributed by atoms with E-state index < -0.39 is 12.0 Å². The molecule has 1 aromatic heterocycles. The number of benzene rings is 1. The van der Waals surface area contributed by atoms with Crippen LogP contribution in [0.4, 0.5) is 5.82 Å². The lowest BCUT2D eigenvalue weighted by molar-refractivity contribution is -0.134.